The lowest BCUT2D eigenvalue weighted by molar-refractivity contribution is -0.132. The van der Waals surface area contributed by atoms with Crippen molar-refractivity contribution in [3.05, 3.63) is 95.6 Å². The van der Waals surface area contributed by atoms with Gasteiger partial charge in [0.1, 0.15) is 19.0 Å². The number of hydrogen-bond donors (Lipinski definition) is 1. The average Bonchev–Trinajstić information content (AvgIpc) is 3.10. The van der Waals surface area contributed by atoms with Gasteiger partial charge >= 0.3 is 0 Å². The van der Waals surface area contributed by atoms with Gasteiger partial charge in [-0.1, -0.05) is 60.7 Å². The number of aliphatic hydroxyl groups is 1. The molecule has 0 aromatic heterocycles. The van der Waals surface area contributed by atoms with Crippen LogP contribution < -0.4 is 14.4 Å². The Morgan fingerprint density at radius 2 is 1.48 bits per heavy atom. The minimum Gasteiger partial charge on any atom is -0.507 e. The Morgan fingerprint density at radius 3 is 2.19 bits per heavy atom. The molecule has 1 fully saturated rings. The van der Waals surface area contributed by atoms with Crippen LogP contribution in [-0.4, -0.2) is 30.0 Å². The minimum absolute atomic E-state index is 0.0530. The number of fused-ring (bicyclic) bond motifs is 1. The van der Waals surface area contributed by atoms with Crippen molar-refractivity contribution in [2.75, 3.05) is 18.1 Å². The van der Waals surface area contributed by atoms with E-state index < -0.39 is 17.7 Å². The summed E-state index contributed by atoms with van der Waals surface area (Å²) in [5.74, 6) is -0.534. The standard InChI is InChI=1S/C25H19NO5/c27-23(17-9-5-2-6-10-17)21-22(16-7-3-1-4-8-16)26(25(29)24(21)28)18-11-12-19-20(15-18)31-14-13-30-19/h1-12,15,22,27H,13-14H2/b23-21+. The number of ether oxygens (including phenoxy) is 2. The molecule has 1 unspecified atom stereocenters. The fourth-order valence-electron chi connectivity index (χ4n) is 3.98. The second-order valence-electron chi connectivity index (χ2n) is 7.27. The molecule has 5 rings (SSSR count). The molecule has 0 radical (unpaired) electrons. The number of Topliss-reactive ketones (excluding diaryl/α,β-unsaturated/α-hetero) is 1. The number of ketones is 1. The molecule has 6 heteroatoms. The fourth-order valence-corrected chi connectivity index (χ4v) is 3.98. The second kappa shape index (κ2) is 7.65. The summed E-state index contributed by atoms with van der Waals surface area (Å²) in [7, 11) is 0. The highest BCUT2D eigenvalue weighted by Gasteiger charge is 2.47. The maximum atomic E-state index is 13.2. The van der Waals surface area contributed by atoms with Gasteiger partial charge in [-0.2, -0.15) is 0 Å². The lowest BCUT2D eigenvalue weighted by Crippen LogP contribution is -2.29. The first-order valence-electron chi connectivity index (χ1n) is 9.96. The van der Waals surface area contributed by atoms with E-state index in [9.17, 15) is 14.7 Å². The van der Waals surface area contributed by atoms with E-state index >= 15 is 0 Å². The third kappa shape index (κ3) is 3.22. The molecule has 154 valence electrons. The van der Waals surface area contributed by atoms with E-state index in [-0.39, 0.29) is 11.3 Å². The van der Waals surface area contributed by atoms with Crippen LogP contribution >= 0.6 is 0 Å². The SMILES string of the molecule is O=C1C(=O)N(c2ccc3c(c2)OCCO3)C(c2ccccc2)/C1=C(\O)c1ccccc1. The lowest BCUT2D eigenvalue weighted by Gasteiger charge is -2.27. The van der Waals surface area contributed by atoms with Gasteiger partial charge in [-0.3, -0.25) is 14.5 Å². The van der Waals surface area contributed by atoms with E-state index in [2.05, 4.69) is 0 Å². The Labute approximate surface area is 179 Å². The third-order valence-electron chi connectivity index (χ3n) is 5.41. The number of benzene rings is 3. The lowest BCUT2D eigenvalue weighted by atomic mass is 9.95. The van der Waals surface area contributed by atoms with Crippen molar-refractivity contribution in [1.29, 1.82) is 0 Å². The first kappa shape index (κ1) is 18.9. The van der Waals surface area contributed by atoms with Crippen LogP contribution in [0.1, 0.15) is 17.2 Å². The zero-order chi connectivity index (χ0) is 21.4. The summed E-state index contributed by atoms with van der Waals surface area (Å²) < 4.78 is 11.2. The third-order valence-corrected chi connectivity index (χ3v) is 5.41. The molecule has 31 heavy (non-hydrogen) atoms. The van der Waals surface area contributed by atoms with Gasteiger partial charge in [-0.25, -0.2) is 0 Å². The van der Waals surface area contributed by atoms with Gasteiger partial charge in [0.15, 0.2) is 11.5 Å². The van der Waals surface area contributed by atoms with Gasteiger partial charge in [0.05, 0.1) is 11.6 Å². The highest BCUT2D eigenvalue weighted by atomic mass is 16.6. The summed E-state index contributed by atoms with van der Waals surface area (Å²) in [4.78, 5) is 27.7. The van der Waals surface area contributed by atoms with Gasteiger partial charge in [0.2, 0.25) is 0 Å². The Balaban J connectivity index is 1.69. The summed E-state index contributed by atoms with van der Waals surface area (Å²) in [6, 6.07) is 22.3. The molecule has 0 saturated carbocycles. The van der Waals surface area contributed by atoms with Gasteiger partial charge in [0.25, 0.3) is 11.7 Å². The average molecular weight is 413 g/mol. The van der Waals surface area contributed by atoms with E-state index in [1.165, 1.54) is 4.90 Å². The van der Waals surface area contributed by atoms with Crippen LogP contribution in [0.5, 0.6) is 11.5 Å². The molecule has 3 aromatic rings. The van der Waals surface area contributed by atoms with Crippen LogP contribution in [0, 0.1) is 0 Å². The molecule has 2 heterocycles. The van der Waals surface area contributed by atoms with E-state index in [4.69, 9.17) is 9.47 Å². The molecule has 1 N–H and O–H groups in total. The first-order chi connectivity index (χ1) is 15.1. The van der Waals surface area contributed by atoms with Crippen LogP contribution in [0.4, 0.5) is 5.69 Å². The molecule has 2 aliphatic rings. The largest absolute Gasteiger partial charge is 0.507 e. The first-order valence-corrected chi connectivity index (χ1v) is 9.96. The number of carbonyl (C=O) groups is 2. The topological polar surface area (TPSA) is 76.1 Å². The maximum Gasteiger partial charge on any atom is 0.300 e. The van der Waals surface area contributed by atoms with Crippen molar-refractivity contribution >= 4 is 23.1 Å². The predicted octanol–water partition coefficient (Wildman–Crippen LogP) is 4.08. The normalized spacial score (nSPS) is 19.5. The highest BCUT2D eigenvalue weighted by molar-refractivity contribution is 6.51. The summed E-state index contributed by atoms with van der Waals surface area (Å²) in [6.45, 7) is 0.864. The number of aliphatic hydroxyl groups excluding tert-OH is 1. The number of amides is 1. The van der Waals surface area contributed by atoms with Crippen molar-refractivity contribution in [3.63, 3.8) is 0 Å². The molecule has 2 aliphatic heterocycles. The molecule has 6 nitrogen and oxygen atoms in total. The van der Waals surface area contributed by atoms with Gasteiger partial charge in [-0.15, -0.1) is 0 Å². The van der Waals surface area contributed by atoms with Crippen LogP contribution in [-0.2, 0) is 9.59 Å². The van der Waals surface area contributed by atoms with Gasteiger partial charge in [0, 0.05) is 17.3 Å². The Morgan fingerprint density at radius 1 is 0.839 bits per heavy atom. The molecule has 1 amide bonds. The summed E-state index contributed by atoms with van der Waals surface area (Å²) >= 11 is 0. The number of rotatable bonds is 3. The zero-order valence-electron chi connectivity index (χ0n) is 16.5. The summed E-state index contributed by atoms with van der Waals surface area (Å²) in [6.07, 6.45) is 0. The fraction of sp³-hybridized carbons (Fsp3) is 0.120. The molecule has 0 aliphatic carbocycles. The molecule has 3 aromatic carbocycles. The van der Waals surface area contributed by atoms with Crippen LogP contribution in [0.3, 0.4) is 0 Å². The van der Waals surface area contributed by atoms with E-state index in [0.717, 1.165) is 0 Å². The van der Waals surface area contributed by atoms with Crippen molar-refractivity contribution in [2.45, 2.75) is 6.04 Å². The predicted molar refractivity (Wildman–Crippen MR) is 115 cm³/mol. The number of carbonyl (C=O) groups excluding carboxylic acids is 2. The molecular formula is C25H19NO5. The molecule has 1 saturated heterocycles. The maximum absolute atomic E-state index is 13.2. The number of nitrogens with zero attached hydrogens (tertiary/aromatic N) is 1. The smallest absolute Gasteiger partial charge is 0.300 e. The molecule has 1 atom stereocenters. The van der Waals surface area contributed by atoms with Crippen LogP contribution in [0.15, 0.2) is 84.4 Å². The second-order valence-corrected chi connectivity index (χ2v) is 7.27. The zero-order valence-corrected chi connectivity index (χ0v) is 16.5. The Hall–Kier alpha value is -4.06. The molecule has 0 bridgehead atoms. The van der Waals surface area contributed by atoms with E-state index in [1.807, 2.05) is 36.4 Å². The van der Waals surface area contributed by atoms with Crippen molar-refractivity contribution < 1.29 is 24.2 Å². The van der Waals surface area contributed by atoms with Crippen molar-refractivity contribution in [3.8, 4) is 11.5 Å². The van der Waals surface area contributed by atoms with Gasteiger partial charge in [-0.05, 0) is 17.7 Å². The van der Waals surface area contributed by atoms with Crippen LogP contribution in [0.2, 0.25) is 0 Å². The molecule has 0 spiro atoms. The van der Waals surface area contributed by atoms with E-state index in [1.54, 1.807) is 42.5 Å². The van der Waals surface area contributed by atoms with Crippen LogP contribution in [0.25, 0.3) is 5.76 Å². The minimum atomic E-state index is -0.774. The quantitative estimate of drug-likeness (QED) is 0.398. The van der Waals surface area contributed by atoms with E-state index in [0.29, 0.717) is 41.5 Å². The van der Waals surface area contributed by atoms with Gasteiger partial charge < -0.3 is 14.6 Å². The molecular weight excluding hydrogens is 394 g/mol. The van der Waals surface area contributed by atoms with Crippen molar-refractivity contribution in [1.82, 2.24) is 0 Å². The number of hydrogen-bond acceptors (Lipinski definition) is 5. The monoisotopic (exact) mass is 413 g/mol. The highest BCUT2D eigenvalue weighted by Crippen LogP contribution is 2.44. The summed E-state index contributed by atoms with van der Waals surface area (Å²) in [5.41, 5.74) is 1.74. The Kier molecular flexibility index (Phi) is 4.67. The summed E-state index contributed by atoms with van der Waals surface area (Å²) in [5, 5.41) is 11.0. The van der Waals surface area contributed by atoms with Crippen molar-refractivity contribution in [2.24, 2.45) is 0 Å². The number of anilines is 1. The Bertz CT molecular complexity index is 1190.